The van der Waals surface area contributed by atoms with E-state index in [1.165, 1.54) is 0 Å². The first-order valence-corrected chi connectivity index (χ1v) is 8.58. The monoisotopic (exact) mass is 337 g/mol. The molecule has 2 amide bonds. The third-order valence-electron chi connectivity index (χ3n) is 4.37. The van der Waals surface area contributed by atoms with Crippen molar-refractivity contribution in [1.29, 1.82) is 0 Å². The van der Waals surface area contributed by atoms with Crippen molar-refractivity contribution in [2.24, 2.45) is 0 Å². The second kappa shape index (κ2) is 7.94. The summed E-state index contributed by atoms with van der Waals surface area (Å²) in [6.07, 6.45) is 0. The van der Waals surface area contributed by atoms with Gasteiger partial charge in [0.1, 0.15) is 6.04 Å². The van der Waals surface area contributed by atoms with Crippen LogP contribution in [-0.2, 0) is 4.79 Å². The number of rotatable bonds is 4. The van der Waals surface area contributed by atoms with Gasteiger partial charge in [0.25, 0.3) is 5.91 Å². The lowest BCUT2D eigenvalue weighted by molar-refractivity contribution is -0.134. The zero-order valence-corrected chi connectivity index (χ0v) is 14.3. The van der Waals surface area contributed by atoms with Crippen molar-refractivity contribution in [3.05, 3.63) is 71.8 Å². The fourth-order valence-electron chi connectivity index (χ4n) is 3.05. The Balaban J connectivity index is 1.83. The molecule has 0 radical (unpaired) electrons. The molecule has 0 bridgehead atoms. The van der Waals surface area contributed by atoms with Crippen LogP contribution in [0.5, 0.6) is 0 Å². The van der Waals surface area contributed by atoms with Gasteiger partial charge in [-0.05, 0) is 24.6 Å². The van der Waals surface area contributed by atoms with Crippen molar-refractivity contribution in [3.63, 3.8) is 0 Å². The standard InChI is InChI=1S/C20H23N3O2/c1-15-14-23(13-12-21-15)20(25)18(16-8-4-2-5-9-16)22-19(24)17-10-6-3-7-11-17/h2-11,15,18,21H,12-14H2,1H3,(H,22,24). The minimum absolute atomic E-state index is 0.0659. The van der Waals surface area contributed by atoms with Crippen LogP contribution in [-0.4, -0.2) is 42.4 Å². The first-order valence-electron chi connectivity index (χ1n) is 8.58. The largest absolute Gasteiger partial charge is 0.338 e. The molecular weight excluding hydrogens is 314 g/mol. The van der Waals surface area contributed by atoms with Crippen LogP contribution in [0, 0.1) is 0 Å². The van der Waals surface area contributed by atoms with E-state index in [2.05, 4.69) is 17.6 Å². The molecule has 2 N–H and O–H groups in total. The van der Waals surface area contributed by atoms with E-state index in [1.54, 1.807) is 12.1 Å². The summed E-state index contributed by atoms with van der Waals surface area (Å²) in [6.45, 7) is 4.11. The lowest BCUT2D eigenvalue weighted by atomic mass is 10.0. The van der Waals surface area contributed by atoms with E-state index < -0.39 is 6.04 Å². The van der Waals surface area contributed by atoms with Gasteiger partial charge in [-0.25, -0.2) is 0 Å². The van der Waals surface area contributed by atoms with Crippen molar-refractivity contribution in [3.8, 4) is 0 Å². The molecular formula is C20H23N3O2. The highest BCUT2D eigenvalue weighted by Crippen LogP contribution is 2.18. The van der Waals surface area contributed by atoms with E-state index in [4.69, 9.17) is 0 Å². The summed E-state index contributed by atoms with van der Waals surface area (Å²) in [5.41, 5.74) is 1.34. The zero-order valence-electron chi connectivity index (χ0n) is 14.3. The Hall–Kier alpha value is -2.66. The first kappa shape index (κ1) is 17.2. The molecule has 1 fully saturated rings. The van der Waals surface area contributed by atoms with Gasteiger partial charge in [0.05, 0.1) is 0 Å². The molecule has 5 heteroatoms. The molecule has 5 nitrogen and oxygen atoms in total. The average Bonchev–Trinajstić information content (AvgIpc) is 2.67. The van der Waals surface area contributed by atoms with E-state index in [9.17, 15) is 9.59 Å². The first-order chi connectivity index (χ1) is 12.1. The fourth-order valence-corrected chi connectivity index (χ4v) is 3.05. The normalized spacial score (nSPS) is 18.4. The van der Waals surface area contributed by atoms with Gasteiger partial charge in [0.15, 0.2) is 0 Å². The molecule has 25 heavy (non-hydrogen) atoms. The van der Waals surface area contributed by atoms with E-state index in [-0.39, 0.29) is 17.9 Å². The van der Waals surface area contributed by atoms with Gasteiger partial charge in [0.2, 0.25) is 5.91 Å². The van der Waals surface area contributed by atoms with Crippen molar-refractivity contribution in [1.82, 2.24) is 15.5 Å². The van der Waals surface area contributed by atoms with Crippen LogP contribution in [0.15, 0.2) is 60.7 Å². The Morgan fingerprint density at radius 2 is 1.72 bits per heavy atom. The predicted octanol–water partition coefficient (Wildman–Crippen LogP) is 1.98. The number of hydrogen-bond acceptors (Lipinski definition) is 3. The van der Waals surface area contributed by atoms with Gasteiger partial charge in [-0.2, -0.15) is 0 Å². The van der Waals surface area contributed by atoms with E-state index in [1.807, 2.05) is 53.4 Å². The summed E-state index contributed by atoms with van der Waals surface area (Å²) in [5.74, 6) is -0.310. The molecule has 0 aliphatic carbocycles. The van der Waals surface area contributed by atoms with E-state index in [0.717, 1.165) is 12.1 Å². The van der Waals surface area contributed by atoms with Gasteiger partial charge in [0, 0.05) is 31.2 Å². The second-order valence-electron chi connectivity index (χ2n) is 6.32. The van der Waals surface area contributed by atoms with Gasteiger partial charge in [-0.3, -0.25) is 9.59 Å². The number of carbonyl (C=O) groups is 2. The maximum absolute atomic E-state index is 13.1. The minimum atomic E-state index is -0.681. The molecule has 130 valence electrons. The van der Waals surface area contributed by atoms with Crippen molar-refractivity contribution in [2.75, 3.05) is 19.6 Å². The van der Waals surface area contributed by atoms with Crippen LogP contribution in [0.2, 0.25) is 0 Å². The maximum atomic E-state index is 13.1. The molecule has 1 aliphatic heterocycles. The SMILES string of the molecule is CC1CN(C(=O)C(NC(=O)c2ccccc2)c2ccccc2)CCN1. The summed E-state index contributed by atoms with van der Waals surface area (Å²) in [6, 6.07) is 17.9. The minimum Gasteiger partial charge on any atom is -0.338 e. The average molecular weight is 337 g/mol. The molecule has 3 rings (SSSR count). The maximum Gasteiger partial charge on any atom is 0.252 e. The van der Waals surface area contributed by atoms with Crippen LogP contribution in [0.25, 0.3) is 0 Å². The van der Waals surface area contributed by atoms with Crippen molar-refractivity contribution < 1.29 is 9.59 Å². The molecule has 2 aromatic rings. The number of nitrogens with zero attached hydrogens (tertiary/aromatic N) is 1. The van der Waals surface area contributed by atoms with Crippen molar-refractivity contribution >= 4 is 11.8 Å². The number of amides is 2. The third kappa shape index (κ3) is 4.25. The Morgan fingerprint density at radius 1 is 1.08 bits per heavy atom. The predicted molar refractivity (Wildman–Crippen MR) is 97.1 cm³/mol. The Kier molecular flexibility index (Phi) is 5.46. The summed E-state index contributed by atoms with van der Waals surface area (Å²) in [5, 5.41) is 6.24. The van der Waals surface area contributed by atoms with Gasteiger partial charge < -0.3 is 15.5 Å². The molecule has 2 unspecified atom stereocenters. The highest BCUT2D eigenvalue weighted by molar-refractivity contribution is 5.97. The van der Waals surface area contributed by atoms with Crippen LogP contribution in [0.3, 0.4) is 0 Å². The molecule has 0 aromatic heterocycles. The molecule has 2 aromatic carbocycles. The van der Waals surface area contributed by atoms with Crippen LogP contribution in [0.4, 0.5) is 0 Å². The summed E-state index contributed by atoms with van der Waals surface area (Å²) >= 11 is 0. The quantitative estimate of drug-likeness (QED) is 0.897. The topological polar surface area (TPSA) is 61.4 Å². The highest BCUT2D eigenvalue weighted by Gasteiger charge is 2.30. The summed E-state index contributed by atoms with van der Waals surface area (Å²) in [7, 11) is 0. The second-order valence-corrected chi connectivity index (χ2v) is 6.32. The Labute approximate surface area is 148 Å². The number of benzene rings is 2. The number of piperazine rings is 1. The lowest BCUT2D eigenvalue weighted by Crippen LogP contribution is -2.54. The summed E-state index contributed by atoms with van der Waals surface area (Å²) < 4.78 is 0. The van der Waals surface area contributed by atoms with Gasteiger partial charge in [-0.1, -0.05) is 48.5 Å². The van der Waals surface area contributed by atoms with Crippen LogP contribution in [0.1, 0.15) is 28.9 Å². The van der Waals surface area contributed by atoms with Crippen molar-refractivity contribution in [2.45, 2.75) is 19.0 Å². The van der Waals surface area contributed by atoms with Gasteiger partial charge >= 0.3 is 0 Å². The number of hydrogen-bond donors (Lipinski definition) is 2. The molecule has 2 atom stereocenters. The Morgan fingerprint density at radius 3 is 2.36 bits per heavy atom. The number of carbonyl (C=O) groups excluding carboxylic acids is 2. The van der Waals surface area contributed by atoms with E-state index in [0.29, 0.717) is 18.7 Å². The smallest absolute Gasteiger partial charge is 0.252 e. The van der Waals surface area contributed by atoms with E-state index >= 15 is 0 Å². The lowest BCUT2D eigenvalue weighted by Gasteiger charge is -2.34. The Bertz CT molecular complexity index is 718. The third-order valence-corrected chi connectivity index (χ3v) is 4.37. The van der Waals surface area contributed by atoms with Crippen LogP contribution < -0.4 is 10.6 Å². The molecule has 0 spiro atoms. The molecule has 1 heterocycles. The molecule has 1 saturated heterocycles. The van der Waals surface area contributed by atoms with Crippen LogP contribution >= 0.6 is 0 Å². The molecule has 1 aliphatic rings. The highest BCUT2D eigenvalue weighted by atomic mass is 16.2. The zero-order chi connectivity index (χ0) is 17.6. The number of nitrogens with one attached hydrogen (secondary N) is 2. The molecule has 0 saturated carbocycles. The summed E-state index contributed by atoms with van der Waals surface area (Å²) in [4.78, 5) is 27.5. The van der Waals surface area contributed by atoms with Gasteiger partial charge in [-0.15, -0.1) is 0 Å². The fraction of sp³-hybridized carbons (Fsp3) is 0.300.